The molecule has 0 bridgehead atoms. The van der Waals surface area contributed by atoms with Gasteiger partial charge in [0.05, 0.1) is 5.69 Å². The zero-order valence-electron chi connectivity index (χ0n) is 19.2. The summed E-state index contributed by atoms with van der Waals surface area (Å²) in [7, 11) is 9.42. The molecule has 3 heterocycles. The van der Waals surface area contributed by atoms with Crippen molar-refractivity contribution in [1.29, 1.82) is 0 Å². The quantitative estimate of drug-likeness (QED) is 0.397. The third kappa shape index (κ3) is 5.73. The largest absolute Gasteiger partial charge is 0.351 e. The second-order valence-electron chi connectivity index (χ2n) is 7.96. The van der Waals surface area contributed by atoms with Crippen LogP contribution < -0.4 is 10.6 Å². The topological polar surface area (TPSA) is 101 Å². The SMILES string of the molecule is CN(C)CCCNC(=O)c1cc(NC(=O)c2cc(N=Nc3cccn3C)cn2C)cn1C. The lowest BCUT2D eigenvalue weighted by molar-refractivity contribution is 0.0943. The van der Waals surface area contributed by atoms with E-state index in [1.807, 2.05) is 44.0 Å². The summed E-state index contributed by atoms with van der Waals surface area (Å²) in [6.07, 6.45) is 6.20. The lowest BCUT2D eigenvalue weighted by Gasteiger charge is -2.10. The van der Waals surface area contributed by atoms with E-state index in [1.54, 1.807) is 47.8 Å². The first-order chi connectivity index (χ1) is 15.2. The molecule has 10 heteroatoms. The van der Waals surface area contributed by atoms with Crippen LogP contribution in [-0.2, 0) is 21.1 Å². The zero-order valence-corrected chi connectivity index (χ0v) is 19.2. The van der Waals surface area contributed by atoms with Crippen molar-refractivity contribution in [1.82, 2.24) is 23.9 Å². The van der Waals surface area contributed by atoms with Gasteiger partial charge in [0.2, 0.25) is 0 Å². The van der Waals surface area contributed by atoms with Crippen LogP contribution in [0.25, 0.3) is 0 Å². The summed E-state index contributed by atoms with van der Waals surface area (Å²) in [6.45, 7) is 1.49. The number of carbonyl (C=O) groups excluding carboxylic acids is 2. The van der Waals surface area contributed by atoms with Crippen LogP contribution in [0.5, 0.6) is 0 Å². The molecule has 3 aromatic heterocycles. The van der Waals surface area contributed by atoms with E-state index >= 15 is 0 Å². The molecule has 0 unspecified atom stereocenters. The summed E-state index contributed by atoms with van der Waals surface area (Å²) in [5.41, 5.74) is 2.03. The number of aromatic nitrogens is 3. The molecule has 0 aliphatic carbocycles. The second kappa shape index (κ2) is 10.1. The van der Waals surface area contributed by atoms with Crippen molar-refractivity contribution in [2.24, 2.45) is 31.4 Å². The summed E-state index contributed by atoms with van der Waals surface area (Å²) < 4.78 is 5.24. The molecular weight excluding hydrogens is 408 g/mol. The number of carbonyl (C=O) groups is 2. The van der Waals surface area contributed by atoms with E-state index in [2.05, 4.69) is 25.8 Å². The van der Waals surface area contributed by atoms with Gasteiger partial charge < -0.3 is 29.2 Å². The zero-order chi connectivity index (χ0) is 23.3. The molecule has 0 aliphatic heterocycles. The third-order valence-electron chi connectivity index (χ3n) is 4.97. The summed E-state index contributed by atoms with van der Waals surface area (Å²) >= 11 is 0. The Hall–Kier alpha value is -3.66. The van der Waals surface area contributed by atoms with Crippen LogP contribution in [0.15, 0.2) is 53.1 Å². The standard InChI is InChI=1S/C22H30N8O2/c1-27(2)10-7-9-23-21(31)18-12-16(14-29(18)4)24-22(32)19-13-17(15-30(19)5)25-26-20-8-6-11-28(20)3/h6,8,11-15H,7,9-10H2,1-5H3,(H,23,31)(H,24,32). The van der Waals surface area contributed by atoms with Crippen molar-refractivity contribution >= 4 is 29.0 Å². The van der Waals surface area contributed by atoms with E-state index in [0.717, 1.165) is 18.8 Å². The van der Waals surface area contributed by atoms with Gasteiger partial charge >= 0.3 is 0 Å². The van der Waals surface area contributed by atoms with Crippen LogP contribution in [-0.4, -0.2) is 57.6 Å². The molecule has 2 N–H and O–H groups in total. The molecule has 2 amide bonds. The average Bonchev–Trinajstić information content (AvgIpc) is 3.41. The first-order valence-corrected chi connectivity index (χ1v) is 10.3. The molecular formula is C22H30N8O2. The fraction of sp³-hybridized carbons (Fsp3) is 0.364. The first-order valence-electron chi connectivity index (χ1n) is 10.3. The molecule has 0 saturated carbocycles. The number of anilines is 1. The summed E-state index contributed by atoms with van der Waals surface area (Å²) in [5, 5.41) is 14.2. The molecule has 0 spiro atoms. The van der Waals surface area contributed by atoms with E-state index in [-0.39, 0.29) is 11.8 Å². The number of nitrogens with zero attached hydrogens (tertiary/aromatic N) is 6. The number of hydrogen-bond acceptors (Lipinski definition) is 5. The number of azo groups is 1. The lowest BCUT2D eigenvalue weighted by Crippen LogP contribution is -2.28. The fourth-order valence-electron chi connectivity index (χ4n) is 3.23. The van der Waals surface area contributed by atoms with Crippen molar-refractivity contribution in [2.45, 2.75) is 6.42 Å². The molecule has 0 fully saturated rings. The maximum Gasteiger partial charge on any atom is 0.272 e. The minimum Gasteiger partial charge on any atom is -0.351 e. The highest BCUT2D eigenvalue weighted by Gasteiger charge is 2.16. The van der Waals surface area contributed by atoms with Crippen molar-refractivity contribution in [3.8, 4) is 0 Å². The molecule has 0 aromatic carbocycles. The Morgan fingerprint density at radius 2 is 1.69 bits per heavy atom. The van der Waals surface area contributed by atoms with Gasteiger partial charge in [-0.2, -0.15) is 0 Å². The Kier molecular flexibility index (Phi) is 7.26. The molecule has 32 heavy (non-hydrogen) atoms. The van der Waals surface area contributed by atoms with Crippen LogP contribution in [0.4, 0.5) is 17.2 Å². The highest BCUT2D eigenvalue weighted by molar-refractivity contribution is 6.04. The number of amides is 2. The Morgan fingerprint density at radius 3 is 2.38 bits per heavy atom. The third-order valence-corrected chi connectivity index (χ3v) is 4.97. The first kappa shape index (κ1) is 23.0. The predicted molar refractivity (Wildman–Crippen MR) is 124 cm³/mol. The minimum atomic E-state index is -0.295. The fourth-order valence-corrected chi connectivity index (χ4v) is 3.23. The Balaban J connectivity index is 1.63. The number of aryl methyl sites for hydroxylation is 3. The van der Waals surface area contributed by atoms with Crippen LogP contribution >= 0.6 is 0 Å². The van der Waals surface area contributed by atoms with Crippen LogP contribution in [0.2, 0.25) is 0 Å². The normalized spacial score (nSPS) is 11.4. The van der Waals surface area contributed by atoms with Crippen molar-refractivity contribution in [3.63, 3.8) is 0 Å². The molecule has 10 nitrogen and oxygen atoms in total. The van der Waals surface area contributed by atoms with Crippen molar-refractivity contribution in [3.05, 3.63) is 54.2 Å². The maximum absolute atomic E-state index is 12.8. The predicted octanol–water partition coefficient (Wildman–Crippen LogP) is 3.05. The van der Waals surface area contributed by atoms with Gasteiger partial charge in [-0.15, -0.1) is 10.2 Å². The molecule has 0 radical (unpaired) electrons. The van der Waals surface area contributed by atoms with Crippen molar-refractivity contribution in [2.75, 3.05) is 32.5 Å². The van der Waals surface area contributed by atoms with Crippen molar-refractivity contribution < 1.29 is 9.59 Å². The number of hydrogen-bond donors (Lipinski definition) is 2. The monoisotopic (exact) mass is 438 g/mol. The number of rotatable bonds is 9. The van der Waals surface area contributed by atoms with Gasteiger partial charge in [-0.1, -0.05) is 0 Å². The minimum absolute atomic E-state index is 0.172. The molecule has 0 saturated heterocycles. The average molecular weight is 439 g/mol. The van der Waals surface area contributed by atoms with Gasteiger partial charge in [-0.05, 0) is 51.3 Å². The summed E-state index contributed by atoms with van der Waals surface area (Å²) in [5.74, 6) is 0.252. The van der Waals surface area contributed by atoms with Gasteiger partial charge in [-0.25, -0.2) is 0 Å². The van der Waals surface area contributed by atoms with E-state index in [9.17, 15) is 9.59 Å². The van der Waals surface area contributed by atoms with Gasteiger partial charge in [0, 0.05) is 46.3 Å². The Morgan fingerprint density at radius 1 is 0.969 bits per heavy atom. The second-order valence-corrected chi connectivity index (χ2v) is 7.96. The van der Waals surface area contributed by atoms with Gasteiger partial charge in [0.15, 0.2) is 5.82 Å². The molecule has 170 valence electrons. The van der Waals surface area contributed by atoms with E-state index in [1.165, 1.54) is 0 Å². The summed E-state index contributed by atoms with van der Waals surface area (Å²) in [4.78, 5) is 27.3. The van der Waals surface area contributed by atoms with Crippen LogP contribution in [0, 0.1) is 0 Å². The Bertz CT molecular complexity index is 1120. The van der Waals surface area contributed by atoms with E-state index < -0.39 is 0 Å². The number of nitrogens with one attached hydrogen (secondary N) is 2. The smallest absolute Gasteiger partial charge is 0.272 e. The van der Waals surface area contributed by atoms with Gasteiger partial charge in [0.25, 0.3) is 11.8 Å². The van der Waals surface area contributed by atoms with E-state index in [0.29, 0.717) is 29.3 Å². The molecule has 3 aromatic rings. The van der Waals surface area contributed by atoms with Crippen LogP contribution in [0.1, 0.15) is 27.4 Å². The molecule has 0 aliphatic rings. The Labute approximate surface area is 187 Å². The highest BCUT2D eigenvalue weighted by Crippen LogP contribution is 2.22. The maximum atomic E-state index is 12.8. The molecule has 3 rings (SSSR count). The van der Waals surface area contributed by atoms with Crippen LogP contribution in [0.3, 0.4) is 0 Å². The summed E-state index contributed by atoms with van der Waals surface area (Å²) in [6, 6.07) is 7.07. The van der Waals surface area contributed by atoms with Gasteiger partial charge in [-0.3, -0.25) is 9.59 Å². The molecule has 0 atom stereocenters. The van der Waals surface area contributed by atoms with E-state index in [4.69, 9.17) is 0 Å². The highest BCUT2D eigenvalue weighted by atomic mass is 16.2. The lowest BCUT2D eigenvalue weighted by atomic mass is 10.3. The van der Waals surface area contributed by atoms with Gasteiger partial charge in [0.1, 0.15) is 17.1 Å².